The van der Waals surface area contributed by atoms with Crippen LogP contribution in [0.4, 0.5) is 13.2 Å². The van der Waals surface area contributed by atoms with E-state index in [9.17, 15) is 13.2 Å². The van der Waals surface area contributed by atoms with Crippen molar-refractivity contribution in [1.29, 1.82) is 0 Å². The van der Waals surface area contributed by atoms with Crippen LogP contribution in [0.15, 0.2) is 6.20 Å². The van der Waals surface area contributed by atoms with E-state index in [1.54, 1.807) is 22.6 Å². The van der Waals surface area contributed by atoms with Crippen molar-refractivity contribution in [3.63, 3.8) is 0 Å². The Balaban J connectivity index is 3.16. The molecule has 4 nitrogen and oxygen atoms in total. The molecule has 0 radical (unpaired) electrons. The van der Waals surface area contributed by atoms with Gasteiger partial charge in [-0.2, -0.15) is 0 Å². The van der Waals surface area contributed by atoms with Crippen molar-refractivity contribution in [2.24, 2.45) is 5.73 Å². The maximum Gasteiger partial charge on any atom is 0.573 e. The number of halogens is 4. The highest BCUT2D eigenvalue weighted by Gasteiger charge is 2.33. The van der Waals surface area contributed by atoms with Crippen molar-refractivity contribution >= 4 is 22.6 Å². The molecule has 0 aliphatic heterocycles. The second-order valence-corrected chi connectivity index (χ2v) is 3.75. The van der Waals surface area contributed by atoms with Crippen LogP contribution in [0, 0.1) is 3.57 Å². The number of rotatable bonds is 3. The molecule has 1 aromatic rings. The van der Waals surface area contributed by atoms with Gasteiger partial charge in [0.2, 0.25) is 0 Å². The molecule has 16 heavy (non-hydrogen) atoms. The maximum atomic E-state index is 12.0. The number of aromatic nitrogens is 1. The van der Waals surface area contributed by atoms with E-state index >= 15 is 0 Å². The first-order valence-corrected chi connectivity index (χ1v) is 5.14. The third-order valence-corrected chi connectivity index (χ3v) is 2.75. The van der Waals surface area contributed by atoms with Gasteiger partial charge < -0.3 is 15.2 Å². The average Bonchev–Trinajstić information content (AvgIpc) is 2.16. The highest BCUT2D eigenvalue weighted by atomic mass is 127. The number of nitrogens with zero attached hydrogens (tertiary/aromatic N) is 1. The first-order valence-electron chi connectivity index (χ1n) is 4.06. The van der Waals surface area contributed by atoms with Gasteiger partial charge in [-0.25, -0.2) is 0 Å². The predicted octanol–water partition coefficient (Wildman–Crippen LogP) is 2.05. The molecule has 0 amide bonds. The molecule has 90 valence electrons. The number of hydrogen-bond donors (Lipinski definition) is 1. The molecule has 0 atom stereocenters. The fraction of sp³-hybridized carbons (Fsp3) is 0.375. The van der Waals surface area contributed by atoms with Gasteiger partial charge in [-0.15, -0.1) is 13.2 Å². The molecular weight excluding hydrogens is 340 g/mol. The van der Waals surface area contributed by atoms with E-state index in [2.05, 4.69) is 9.72 Å². The van der Waals surface area contributed by atoms with Gasteiger partial charge in [0.25, 0.3) is 0 Å². The monoisotopic (exact) mass is 348 g/mol. The Morgan fingerprint density at radius 2 is 2.12 bits per heavy atom. The first-order chi connectivity index (χ1) is 7.39. The van der Waals surface area contributed by atoms with E-state index in [4.69, 9.17) is 10.5 Å². The van der Waals surface area contributed by atoms with Crippen molar-refractivity contribution < 1.29 is 22.6 Å². The van der Waals surface area contributed by atoms with Crippen LogP contribution in [-0.2, 0) is 6.54 Å². The van der Waals surface area contributed by atoms with Crippen molar-refractivity contribution in [1.82, 2.24) is 4.98 Å². The van der Waals surface area contributed by atoms with Crippen molar-refractivity contribution in [3.8, 4) is 11.5 Å². The minimum Gasteiger partial charge on any atom is -0.492 e. The topological polar surface area (TPSA) is 57.4 Å². The molecule has 1 rings (SSSR count). The van der Waals surface area contributed by atoms with Gasteiger partial charge in [0.05, 0.1) is 22.6 Å². The van der Waals surface area contributed by atoms with Crippen molar-refractivity contribution in [2.75, 3.05) is 7.11 Å². The van der Waals surface area contributed by atoms with Crippen LogP contribution >= 0.6 is 22.6 Å². The fourth-order valence-electron chi connectivity index (χ4n) is 1.02. The van der Waals surface area contributed by atoms with E-state index < -0.39 is 12.1 Å². The lowest BCUT2D eigenvalue weighted by Gasteiger charge is -2.14. The lowest BCUT2D eigenvalue weighted by molar-refractivity contribution is -0.275. The zero-order chi connectivity index (χ0) is 12.3. The van der Waals surface area contributed by atoms with Gasteiger partial charge in [0.15, 0.2) is 11.5 Å². The molecule has 0 unspecified atom stereocenters. The molecule has 8 heteroatoms. The molecule has 1 heterocycles. The summed E-state index contributed by atoms with van der Waals surface area (Å²) in [5, 5.41) is 0. The Labute approximate surface area is 103 Å². The summed E-state index contributed by atoms with van der Waals surface area (Å²) in [6.07, 6.45) is -3.83. The van der Waals surface area contributed by atoms with Crippen LogP contribution in [0.3, 0.4) is 0 Å². The van der Waals surface area contributed by atoms with Gasteiger partial charge in [0, 0.05) is 6.54 Å². The molecule has 0 bridgehead atoms. The number of hydrogen-bond acceptors (Lipinski definition) is 4. The third-order valence-electron chi connectivity index (χ3n) is 1.64. The Morgan fingerprint density at radius 1 is 1.50 bits per heavy atom. The third kappa shape index (κ3) is 3.11. The first kappa shape index (κ1) is 13.3. The predicted molar refractivity (Wildman–Crippen MR) is 58.1 cm³/mol. The van der Waals surface area contributed by atoms with E-state index in [0.717, 1.165) is 6.20 Å². The van der Waals surface area contributed by atoms with Gasteiger partial charge >= 0.3 is 6.36 Å². The second kappa shape index (κ2) is 5.04. The summed E-state index contributed by atoms with van der Waals surface area (Å²) in [5.74, 6) is -0.495. The van der Waals surface area contributed by atoms with Crippen LogP contribution in [0.1, 0.15) is 5.69 Å². The average molecular weight is 348 g/mol. The minimum absolute atomic E-state index is 0.0200. The normalized spacial score (nSPS) is 11.4. The van der Waals surface area contributed by atoms with Crippen LogP contribution < -0.4 is 15.2 Å². The molecule has 0 spiro atoms. The highest BCUT2D eigenvalue weighted by Crippen LogP contribution is 2.36. The van der Waals surface area contributed by atoms with Gasteiger partial charge in [-0.05, 0) is 22.6 Å². The summed E-state index contributed by atoms with van der Waals surface area (Å²) < 4.78 is 45.1. The largest absolute Gasteiger partial charge is 0.573 e. The lowest BCUT2D eigenvalue weighted by atomic mass is 10.3. The molecule has 0 saturated heterocycles. The maximum absolute atomic E-state index is 12.0. The van der Waals surface area contributed by atoms with Crippen LogP contribution in [0.5, 0.6) is 11.5 Å². The van der Waals surface area contributed by atoms with Gasteiger partial charge in [-0.3, -0.25) is 4.98 Å². The zero-order valence-electron chi connectivity index (χ0n) is 8.14. The Kier molecular flexibility index (Phi) is 4.19. The molecule has 1 aromatic heterocycles. The van der Waals surface area contributed by atoms with Crippen molar-refractivity contribution in [3.05, 3.63) is 15.5 Å². The lowest BCUT2D eigenvalue weighted by Crippen LogP contribution is -2.18. The smallest absolute Gasteiger partial charge is 0.492 e. The Bertz CT molecular complexity index is 384. The number of nitrogens with two attached hydrogens (primary N) is 1. The number of methoxy groups -OCH3 is 1. The van der Waals surface area contributed by atoms with Gasteiger partial charge in [-0.1, -0.05) is 0 Å². The molecule has 2 N–H and O–H groups in total. The fourth-order valence-corrected chi connectivity index (χ4v) is 1.87. The van der Waals surface area contributed by atoms with E-state index in [1.165, 1.54) is 7.11 Å². The van der Waals surface area contributed by atoms with E-state index in [-0.39, 0.29) is 12.3 Å². The summed E-state index contributed by atoms with van der Waals surface area (Å²) >= 11 is 1.80. The zero-order valence-corrected chi connectivity index (χ0v) is 10.3. The molecular formula is C8H8F3IN2O2. The molecule has 0 aliphatic rings. The summed E-state index contributed by atoms with van der Waals surface area (Å²) in [6.45, 7) is 0.112. The molecule has 0 saturated carbocycles. The standard InChI is InChI=1S/C8H8F3IN2O2/c1-15-7-5(16-8(9,10)11)3-14-4(2-13)6(7)12/h3H,2,13H2,1H3. The number of pyridine rings is 1. The molecule has 0 aliphatic carbocycles. The minimum atomic E-state index is -4.78. The second-order valence-electron chi connectivity index (χ2n) is 2.67. The van der Waals surface area contributed by atoms with Crippen LogP contribution in [0.25, 0.3) is 0 Å². The number of ether oxygens (including phenoxy) is 2. The van der Waals surface area contributed by atoms with Crippen LogP contribution in [0.2, 0.25) is 0 Å². The Hall–Kier alpha value is -0.770. The summed E-state index contributed by atoms with van der Waals surface area (Å²) in [6, 6.07) is 0. The SMILES string of the molecule is COc1c(OC(F)(F)F)cnc(CN)c1I. The van der Waals surface area contributed by atoms with Gasteiger partial charge in [0.1, 0.15) is 0 Å². The van der Waals surface area contributed by atoms with E-state index in [0.29, 0.717) is 9.26 Å². The summed E-state index contributed by atoms with van der Waals surface area (Å²) in [5.41, 5.74) is 5.82. The molecule has 0 fully saturated rings. The molecule has 0 aromatic carbocycles. The quantitative estimate of drug-likeness (QED) is 0.850. The Morgan fingerprint density at radius 3 is 2.56 bits per heavy atom. The summed E-state index contributed by atoms with van der Waals surface area (Å²) in [4.78, 5) is 3.75. The number of alkyl halides is 3. The van der Waals surface area contributed by atoms with E-state index in [1.807, 2.05) is 0 Å². The van der Waals surface area contributed by atoms with Crippen molar-refractivity contribution in [2.45, 2.75) is 12.9 Å². The summed E-state index contributed by atoms with van der Waals surface area (Å²) in [7, 11) is 1.25. The highest BCUT2D eigenvalue weighted by molar-refractivity contribution is 14.1. The van der Waals surface area contributed by atoms with Crippen LogP contribution in [-0.4, -0.2) is 18.5 Å².